The van der Waals surface area contributed by atoms with E-state index in [9.17, 15) is 8.42 Å². The summed E-state index contributed by atoms with van der Waals surface area (Å²) >= 11 is 0. The van der Waals surface area contributed by atoms with Crippen molar-refractivity contribution in [1.29, 1.82) is 0 Å². The summed E-state index contributed by atoms with van der Waals surface area (Å²) in [6, 6.07) is 4.80. The van der Waals surface area contributed by atoms with Crippen LogP contribution in [-0.4, -0.2) is 26.7 Å². The molecule has 4 nitrogen and oxygen atoms in total. The number of hydrogen-bond donors (Lipinski definition) is 2. The molecule has 2 N–H and O–H groups in total. The molecule has 0 saturated carbocycles. The van der Waals surface area contributed by atoms with Crippen LogP contribution in [0.5, 0.6) is 0 Å². The maximum absolute atomic E-state index is 12.2. The fourth-order valence-corrected chi connectivity index (χ4v) is 2.87. The minimum absolute atomic E-state index is 0.214. The molecule has 116 valence electrons. The highest BCUT2D eigenvalue weighted by atomic mass is 32.2. The molecular formula is C16H23NO3S. The van der Waals surface area contributed by atoms with E-state index in [4.69, 9.17) is 5.11 Å². The number of aliphatic hydroxyl groups excluding tert-OH is 1. The topological polar surface area (TPSA) is 66.4 Å². The van der Waals surface area contributed by atoms with E-state index in [-0.39, 0.29) is 17.4 Å². The summed E-state index contributed by atoms with van der Waals surface area (Å²) in [4.78, 5) is 0.241. The molecule has 1 aromatic carbocycles. The molecule has 0 spiro atoms. The lowest BCUT2D eigenvalue weighted by Gasteiger charge is -2.16. The summed E-state index contributed by atoms with van der Waals surface area (Å²) in [5, 5.41) is 8.69. The van der Waals surface area contributed by atoms with Gasteiger partial charge in [0, 0.05) is 12.1 Å². The molecule has 21 heavy (non-hydrogen) atoms. The maximum Gasteiger partial charge on any atom is 0.240 e. The highest BCUT2D eigenvalue weighted by molar-refractivity contribution is 7.89. The molecule has 0 aliphatic heterocycles. The van der Waals surface area contributed by atoms with Gasteiger partial charge in [-0.15, -0.1) is 0 Å². The molecule has 0 aromatic heterocycles. The van der Waals surface area contributed by atoms with Crippen LogP contribution in [0.4, 0.5) is 0 Å². The zero-order chi connectivity index (χ0) is 16.0. The number of nitrogens with one attached hydrogen (secondary N) is 1. The fourth-order valence-electron chi connectivity index (χ4n) is 1.64. The second-order valence-corrected chi connectivity index (χ2v) is 7.28. The van der Waals surface area contributed by atoms with Crippen molar-refractivity contribution in [3.05, 3.63) is 29.3 Å². The third-order valence-electron chi connectivity index (χ3n) is 3.54. The normalized spacial score (nSPS) is 12.9. The highest BCUT2D eigenvalue weighted by Crippen LogP contribution is 2.16. The van der Waals surface area contributed by atoms with Crippen molar-refractivity contribution < 1.29 is 13.5 Å². The monoisotopic (exact) mass is 309 g/mol. The van der Waals surface area contributed by atoms with Crippen molar-refractivity contribution in [1.82, 2.24) is 4.72 Å². The van der Waals surface area contributed by atoms with Gasteiger partial charge in [0.05, 0.1) is 4.90 Å². The van der Waals surface area contributed by atoms with Crippen LogP contribution < -0.4 is 4.72 Å². The Bertz CT molecular complexity index is 639. The van der Waals surface area contributed by atoms with Crippen LogP contribution in [0, 0.1) is 30.6 Å². The molecule has 1 aromatic rings. The third-order valence-corrected chi connectivity index (χ3v) is 4.96. The quantitative estimate of drug-likeness (QED) is 0.817. The number of hydrogen-bond acceptors (Lipinski definition) is 3. The second-order valence-electron chi connectivity index (χ2n) is 5.51. The van der Waals surface area contributed by atoms with Crippen LogP contribution >= 0.6 is 0 Å². The van der Waals surface area contributed by atoms with Crippen molar-refractivity contribution in [3.8, 4) is 11.8 Å². The van der Waals surface area contributed by atoms with Crippen molar-refractivity contribution >= 4 is 10.0 Å². The standard InChI is InChI=1S/C16H23NO3S/c1-12(2)14(4)11-17-21(19,20)16-8-7-15(6-5-9-18)13(3)10-16/h7-8,10,12,14,17-18H,9,11H2,1-4H3. The average molecular weight is 309 g/mol. The minimum atomic E-state index is -3.50. The van der Waals surface area contributed by atoms with Crippen molar-refractivity contribution in [2.45, 2.75) is 32.6 Å². The predicted molar refractivity (Wildman–Crippen MR) is 84.3 cm³/mol. The predicted octanol–water partition coefficient (Wildman–Crippen LogP) is 1.91. The molecule has 1 atom stereocenters. The van der Waals surface area contributed by atoms with Gasteiger partial charge in [0.1, 0.15) is 6.61 Å². The van der Waals surface area contributed by atoms with Gasteiger partial charge >= 0.3 is 0 Å². The molecule has 0 saturated heterocycles. The van der Waals surface area contributed by atoms with E-state index in [0.717, 1.165) is 11.1 Å². The number of benzene rings is 1. The lowest BCUT2D eigenvalue weighted by atomic mass is 9.99. The number of rotatable bonds is 5. The van der Waals surface area contributed by atoms with Gasteiger partial charge in [0.25, 0.3) is 0 Å². The lowest BCUT2D eigenvalue weighted by Crippen LogP contribution is -2.30. The van der Waals surface area contributed by atoms with E-state index in [0.29, 0.717) is 12.5 Å². The Morgan fingerprint density at radius 1 is 1.29 bits per heavy atom. The molecule has 0 radical (unpaired) electrons. The van der Waals surface area contributed by atoms with E-state index in [1.807, 2.05) is 6.92 Å². The van der Waals surface area contributed by atoms with E-state index >= 15 is 0 Å². The van der Waals surface area contributed by atoms with Gasteiger partial charge < -0.3 is 5.11 Å². The number of aliphatic hydroxyl groups is 1. The van der Waals surface area contributed by atoms with E-state index in [1.165, 1.54) is 6.07 Å². The van der Waals surface area contributed by atoms with Crippen molar-refractivity contribution in [2.75, 3.05) is 13.2 Å². The van der Waals surface area contributed by atoms with Gasteiger partial charge in [0.15, 0.2) is 0 Å². The zero-order valence-corrected chi connectivity index (χ0v) is 13.8. The molecule has 0 aliphatic carbocycles. The average Bonchev–Trinajstić information content (AvgIpc) is 2.43. The number of sulfonamides is 1. The Hall–Kier alpha value is -1.35. The molecule has 0 heterocycles. The second kappa shape index (κ2) is 7.60. The van der Waals surface area contributed by atoms with Crippen molar-refractivity contribution in [3.63, 3.8) is 0 Å². The van der Waals surface area contributed by atoms with Crippen LogP contribution in [0.15, 0.2) is 23.1 Å². The van der Waals surface area contributed by atoms with E-state index < -0.39 is 10.0 Å². The van der Waals surface area contributed by atoms with Gasteiger partial charge in [-0.3, -0.25) is 0 Å². The molecular weight excluding hydrogens is 286 g/mol. The molecule has 1 rings (SSSR count). The molecule has 5 heteroatoms. The Morgan fingerprint density at radius 2 is 1.95 bits per heavy atom. The molecule has 0 fully saturated rings. The van der Waals surface area contributed by atoms with Crippen LogP contribution in [-0.2, 0) is 10.0 Å². The Kier molecular flexibility index (Phi) is 6.41. The minimum Gasteiger partial charge on any atom is -0.384 e. The van der Waals surface area contributed by atoms with Gasteiger partial charge in [-0.1, -0.05) is 32.6 Å². The molecule has 0 aliphatic rings. The molecule has 0 bridgehead atoms. The maximum atomic E-state index is 12.2. The van der Waals surface area contributed by atoms with E-state index in [1.54, 1.807) is 19.1 Å². The first-order valence-corrected chi connectivity index (χ1v) is 8.46. The van der Waals surface area contributed by atoms with Gasteiger partial charge in [-0.25, -0.2) is 13.1 Å². The van der Waals surface area contributed by atoms with Gasteiger partial charge in [0.2, 0.25) is 10.0 Å². The Balaban J connectivity index is 2.92. The summed E-state index contributed by atoms with van der Waals surface area (Å²) in [7, 11) is -3.50. The summed E-state index contributed by atoms with van der Waals surface area (Å²) in [6.45, 7) is 8.16. The fraction of sp³-hybridized carbons (Fsp3) is 0.500. The zero-order valence-electron chi connectivity index (χ0n) is 13.0. The largest absolute Gasteiger partial charge is 0.384 e. The Labute approximate surface area is 127 Å². The number of aryl methyl sites for hydroxylation is 1. The van der Waals surface area contributed by atoms with Gasteiger partial charge in [-0.2, -0.15) is 0 Å². The van der Waals surface area contributed by atoms with Crippen LogP contribution in [0.1, 0.15) is 31.9 Å². The van der Waals surface area contributed by atoms with Crippen LogP contribution in [0.25, 0.3) is 0 Å². The molecule has 0 amide bonds. The van der Waals surface area contributed by atoms with E-state index in [2.05, 4.69) is 30.4 Å². The Morgan fingerprint density at radius 3 is 2.48 bits per heavy atom. The lowest BCUT2D eigenvalue weighted by molar-refractivity contribution is 0.350. The summed E-state index contributed by atoms with van der Waals surface area (Å²) in [6.07, 6.45) is 0. The summed E-state index contributed by atoms with van der Waals surface area (Å²) in [5.41, 5.74) is 1.49. The third kappa shape index (κ3) is 5.16. The smallest absolute Gasteiger partial charge is 0.240 e. The van der Waals surface area contributed by atoms with Crippen molar-refractivity contribution in [2.24, 2.45) is 11.8 Å². The van der Waals surface area contributed by atoms with Crippen LogP contribution in [0.2, 0.25) is 0 Å². The SMILES string of the molecule is Cc1cc(S(=O)(=O)NCC(C)C(C)C)ccc1C#CCO. The summed E-state index contributed by atoms with van der Waals surface area (Å²) < 4.78 is 27.1. The van der Waals surface area contributed by atoms with Crippen LogP contribution in [0.3, 0.4) is 0 Å². The molecule has 1 unspecified atom stereocenters. The first-order chi connectivity index (χ1) is 9.77. The van der Waals surface area contributed by atoms with Gasteiger partial charge in [-0.05, 0) is 42.5 Å². The summed E-state index contributed by atoms with van der Waals surface area (Å²) in [5.74, 6) is 6.04. The highest BCUT2D eigenvalue weighted by Gasteiger charge is 2.17. The first-order valence-electron chi connectivity index (χ1n) is 6.98. The first kappa shape index (κ1) is 17.7.